The molecule has 1 aromatic rings. The molecule has 23 heavy (non-hydrogen) atoms. The SMILES string of the molecule is COc1cc(C(=O)O)ccc1O[C@@H]1O[C@@H](CO)[C@@H](O)[C@@H](O)[C@@H]1O. The van der Waals surface area contributed by atoms with Gasteiger partial charge >= 0.3 is 5.97 Å². The van der Waals surface area contributed by atoms with E-state index >= 15 is 0 Å². The maximum absolute atomic E-state index is 10.9. The Kier molecular flexibility index (Phi) is 5.39. The third-order valence-corrected chi connectivity index (χ3v) is 3.50. The van der Waals surface area contributed by atoms with Crippen LogP contribution in [0.25, 0.3) is 0 Å². The number of rotatable bonds is 5. The number of carbonyl (C=O) groups is 1. The molecule has 0 unspecified atom stereocenters. The zero-order chi connectivity index (χ0) is 17.1. The van der Waals surface area contributed by atoms with Crippen LogP contribution in [0.3, 0.4) is 0 Å². The fraction of sp³-hybridized carbons (Fsp3) is 0.500. The zero-order valence-corrected chi connectivity index (χ0v) is 12.2. The minimum absolute atomic E-state index is 0.0250. The fourth-order valence-corrected chi connectivity index (χ4v) is 2.19. The largest absolute Gasteiger partial charge is 0.493 e. The van der Waals surface area contributed by atoms with E-state index in [1.807, 2.05) is 0 Å². The molecule has 0 bridgehead atoms. The summed E-state index contributed by atoms with van der Waals surface area (Å²) >= 11 is 0. The lowest BCUT2D eigenvalue weighted by Gasteiger charge is -2.39. The van der Waals surface area contributed by atoms with E-state index in [1.165, 1.54) is 25.3 Å². The first-order valence-corrected chi connectivity index (χ1v) is 6.77. The van der Waals surface area contributed by atoms with Crippen LogP contribution in [-0.4, -0.2) is 75.9 Å². The maximum Gasteiger partial charge on any atom is 0.335 e. The number of aliphatic hydroxyl groups excluding tert-OH is 4. The van der Waals surface area contributed by atoms with Gasteiger partial charge in [0.1, 0.15) is 24.4 Å². The van der Waals surface area contributed by atoms with E-state index < -0.39 is 43.3 Å². The molecule has 128 valence electrons. The summed E-state index contributed by atoms with van der Waals surface area (Å²) in [5.74, 6) is -0.994. The third-order valence-electron chi connectivity index (χ3n) is 3.50. The predicted octanol–water partition coefficient (Wildman–Crippen LogP) is -1.43. The molecule has 1 aliphatic rings. The van der Waals surface area contributed by atoms with Crippen LogP contribution < -0.4 is 9.47 Å². The van der Waals surface area contributed by atoms with E-state index in [4.69, 9.17) is 24.4 Å². The van der Waals surface area contributed by atoms with Gasteiger partial charge in [-0.15, -0.1) is 0 Å². The maximum atomic E-state index is 10.9. The minimum atomic E-state index is -1.57. The van der Waals surface area contributed by atoms with Gasteiger partial charge in [0, 0.05) is 0 Å². The van der Waals surface area contributed by atoms with Gasteiger partial charge in [-0.3, -0.25) is 0 Å². The summed E-state index contributed by atoms with van der Waals surface area (Å²) in [6.07, 6.45) is -7.13. The van der Waals surface area contributed by atoms with Gasteiger partial charge in [0.05, 0.1) is 19.3 Å². The molecule has 0 aliphatic carbocycles. The second kappa shape index (κ2) is 7.11. The normalized spacial score (nSPS) is 30.7. The summed E-state index contributed by atoms with van der Waals surface area (Å²) in [5, 5.41) is 47.4. The first-order chi connectivity index (χ1) is 10.9. The van der Waals surface area contributed by atoms with E-state index in [0.717, 1.165) is 0 Å². The van der Waals surface area contributed by atoms with Crippen molar-refractivity contribution in [3.63, 3.8) is 0 Å². The number of ether oxygens (including phenoxy) is 3. The van der Waals surface area contributed by atoms with Gasteiger partial charge < -0.3 is 39.7 Å². The number of hydrogen-bond donors (Lipinski definition) is 5. The van der Waals surface area contributed by atoms with Crippen molar-refractivity contribution in [1.82, 2.24) is 0 Å². The average molecular weight is 330 g/mol. The number of benzene rings is 1. The molecular weight excluding hydrogens is 312 g/mol. The summed E-state index contributed by atoms with van der Waals surface area (Å²) in [4.78, 5) is 10.9. The Morgan fingerprint density at radius 1 is 1.17 bits per heavy atom. The Hall–Kier alpha value is -1.91. The molecule has 0 radical (unpaired) electrons. The predicted molar refractivity (Wildman–Crippen MR) is 74.3 cm³/mol. The van der Waals surface area contributed by atoms with Gasteiger partial charge in [0.25, 0.3) is 0 Å². The molecule has 0 spiro atoms. The summed E-state index contributed by atoms with van der Waals surface area (Å²) in [7, 11) is 1.31. The Balaban J connectivity index is 2.22. The van der Waals surface area contributed by atoms with Crippen LogP contribution in [0.4, 0.5) is 0 Å². The Morgan fingerprint density at radius 2 is 1.87 bits per heavy atom. The van der Waals surface area contributed by atoms with Gasteiger partial charge in [0.2, 0.25) is 6.29 Å². The zero-order valence-electron chi connectivity index (χ0n) is 12.2. The summed E-state index contributed by atoms with van der Waals surface area (Å²) in [6.45, 7) is -0.583. The monoisotopic (exact) mass is 330 g/mol. The molecule has 5 N–H and O–H groups in total. The minimum Gasteiger partial charge on any atom is -0.493 e. The molecule has 1 aliphatic heterocycles. The molecule has 1 aromatic carbocycles. The Bertz CT molecular complexity index is 559. The molecule has 1 saturated heterocycles. The Labute approximate surface area is 131 Å². The van der Waals surface area contributed by atoms with Crippen molar-refractivity contribution in [3.8, 4) is 11.5 Å². The summed E-state index contributed by atoms with van der Waals surface area (Å²) < 4.78 is 15.6. The van der Waals surface area contributed by atoms with Gasteiger partial charge in [-0.25, -0.2) is 4.79 Å². The van der Waals surface area contributed by atoms with Gasteiger partial charge in [-0.05, 0) is 18.2 Å². The topological polar surface area (TPSA) is 146 Å². The highest BCUT2D eigenvalue weighted by atomic mass is 16.7. The number of carboxylic acid groups (broad SMARTS) is 1. The quantitative estimate of drug-likeness (QED) is 0.438. The molecule has 0 saturated carbocycles. The number of aromatic carboxylic acids is 1. The van der Waals surface area contributed by atoms with Crippen LogP contribution in [-0.2, 0) is 4.74 Å². The number of aliphatic hydroxyl groups is 4. The van der Waals surface area contributed by atoms with Crippen LogP contribution in [0.2, 0.25) is 0 Å². The Morgan fingerprint density at radius 3 is 2.43 bits per heavy atom. The van der Waals surface area contributed by atoms with E-state index in [1.54, 1.807) is 0 Å². The van der Waals surface area contributed by atoms with E-state index in [2.05, 4.69) is 0 Å². The first-order valence-electron chi connectivity index (χ1n) is 6.77. The molecule has 2 rings (SSSR count). The molecule has 1 heterocycles. The second-order valence-corrected chi connectivity index (χ2v) is 4.99. The summed E-state index contributed by atoms with van der Waals surface area (Å²) in [5.41, 5.74) is -0.0250. The molecule has 9 heteroatoms. The van der Waals surface area contributed by atoms with Gasteiger partial charge in [-0.2, -0.15) is 0 Å². The van der Waals surface area contributed by atoms with Crippen LogP contribution in [0.15, 0.2) is 18.2 Å². The van der Waals surface area contributed by atoms with Crippen LogP contribution in [0, 0.1) is 0 Å². The van der Waals surface area contributed by atoms with E-state index in [9.17, 15) is 20.1 Å². The van der Waals surface area contributed by atoms with Crippen LogP contribution >= 0.6 is 0 Å². The van der Waals surface area contributed by atoms with E-state index in [0.29, 0.717) is 0 Å². The molecule has 0 amide bonds. The highest BCUT2D eigenvalue weighted by Crippen LogP contribution is 2.31. The number of hydrogen-bond acceptors (Lipinski definition) is 8. The van der Waals surface area contributed by atoms with Gasteiger partial charge in [0.15, 0.2) is 11.5 Å². The van der Waals surface area contributed by atoms with Crippen molar-refractivity contribution >= 4 is 5.97 Å². The lowest BCUT2D eigenvalue weighted by molar-refractivity contribution is -0.277. The standard InChI is InChI=1S/C14H18O9/c1-21-8-4-6(13(19)20)2-3-7(8)22-14-12(18)11(17)10(16)9(5-15)23-14/h2-4,9-12,14-18H,5H2,1H3,(H,19,20)/t9-,10+,11+,12-,14+/m0/s1. The van der Waals surface area contributed by atoms with Crippen LogP contribution in [0.1, 0.15) is 10.4 Å². The fourth-order valence-electron chi connectivity index (χ4n) is 2.19. The van der Waals surface area contributed by atoms with Gasteiger partial charge in [-0.1, -0.05) is 0 Å². The van der Waals surface area contributed by atoms with Crippen molar-refractivity contribution in [2.45, 2.75) is 30.7 Å². The van der Waals surface area contributed by atoms with Crippen molar-refractivity contribution in [3.05, 3.63) is 23.8 Å². The number of carboxylic acids is 1. The lowest BCUT2D eigenvalue weighted by Crippen LogP contribution is -2.60. The molecule has 9 nitrogen and oxygen atoms in total. The average Bonchev–Trinajstić information content (AvgIpc) is 2.55. The smallest absolute Gasteiger partial charge is 0.335 e. The number of methoxy groups -OCH3 is 1. The molecular formula is C14H18O9. The second-order valence-electron chi connectivity index (χ2n) is 4.99. The first kappa shape index (κ1) is 17.4. The van der Waals surface area contributed by atoms with Crippen LogP contribution in [0.5, 0.6) is 11.5 Å². The summed E-state index contributed by atoms with van der Waals surface area (Å²) in [6, 6.07) is 3.80. The third kappa shape index (κ3) is 3.54. The van der Waals surface area contributed by atoms with Crippen molar-refractivity contribution in [2.75, 3.05) is 13.7 Å². The molecule has 1 fully saturated rings. The van der Waals surface area contributed by atoms with E-state index in [-0.39, 0.29) is 17.1 Å². The highest BCUT2D eigenvalue weighted by molar-refractivity contribution is 5.88. The molecule has 5 atom stereocenters. The lowest BCUT2D eigenvalue weighted by atomic mass is 9.99. The molecule has 0 aromatic heterocycles. The van der Waals surface area contributed by atoms with Crippen molar-refractivity contribution in [1.29, 1.82) is 0 Å². The highest BCUT2D eigenvalue weighted by Gasteiger charge is 2.44. The van der Waals surface area contributed by atoms with Crippen molar-refractivity contribution in [2.24, 2.45) is 0 Å². The van der Waals surface area contributed by atoms with Crippen molar-refractivity contribution < 1.29 is 44.5 Å².